The van der Waals surface area contributed by atoms with E-state index in [2.05, 4.69) is 15.3 Å². The largest absolute Gasteiger partial charge is 0.496 e. The van der Waals surface area contributed by atoms with Crippen LogP contribution in [0.25, 0.3) is 11.1 Å². The first kappa shape index (κ1) is 20.4. The Hall–Kier alpha value is -3.35. The lowest BCUT2D eigenvalue weighted by Gasteiger charge is -2.25. The van der Waals surface area contributed by atoms with E-state index in [1.165, 1.54) is 0 Å². The molecule has 0 saturated heterocycles. The summed E-state index contributed by atoms with van der Waals surface area (Å²) in [6.07, 6.45) is 4.97. The molecule has 29 heavy (non-hydrogen) atoms. The molecule has 2 heterocycles. The van der Waals surface area contributed by atoms with Crippen LogP contribution in [-0.4, -0.2) is 27.6 Å². The lowest BCUT2D eigenvalue weighted by molar-refractivity contribution is 0.0947. The molecule has 7 heteroatoms. The predicted molar refractivity (Wildman–Crippen MR) is 112 cm³/mol. The highest BCUT2D eigenvalue weighted by atomic mass is 16.5. The summed E-state index contributed by atoms with van der Waals surface area (Å²) < 4.78 is 7.49. The minimum Gasteiger partial charge on any atom is -0.496 e. The van der Waals surface area contributed by atoms with Crippen molar-refractivity contribution in [2.75, 3.05) is 7.11 Å². The third-order valence-corrected chi connectivity index (χ3v) is 4.82. The zero-order valence-electron chi connectivity index (χ0n) is 17.4. The Morgan fingerprint density at radius 2 is 2.07 bits per heavy atom. The van der Waals surface area contributed by atoms with Gasteiger partial charge in [-0.05, 0) is 35.2 Å². The number of hydrogen-bond acceptors (Lipinski definition) is 4. The number of carbonyl (C=O) groups excluding carboxylic acids is 1. The molecule has 0 spiro atoms. The Morgan fingerprint density at radius 3 is 2.66 bits per heavy atom. The van der Waals surface area contributed by atoms with Gasteiger partial charge in [-0.25, -0.2) is 4.98 Å². The minimum atomic E-state index is -0.292. The van der Waals surface area contributed by atoms with Gasteiger partial charge in [0.1, 0.15) is 5.75 Å². The van der Waals surface area contributed by atoms with Gasteiger partial charge in [-0.2, -0.15) is 0 Å². The molecule has 3 aromatic rings. The van der Waals surface area contributed by atoms with E-state index in [-0.39, 0.29) is 16.9 Å². The first-order valence-electron chi connectivity index (χ1n) is 9.36. The highest BCUT2D eigenvalue weighted by molar-refractivity contribution is 5.99. The molecular weight excluding hydrogens is 368 g/mol. The Bertz CT molecular complexity index is 1090. The van der Waals surface area contributed by atoms with Crippen LogP contribution in [0.5, 0.6) is 5.75 Å². The molecular formula is C22H26N4O3. The molecule has 0 saturated carbocycles. The number of nitrogens with zero attached hydrogens (tertiary/aromatic N) is 2. The van der Waals surface area contributed by atoms with Gasteiger partial charge in [0.25, 0.3) is 11.5 Å². The van der Waals surface area contributed by atoms with Crippen LogP contribution in [0, 0.1) is 0 Å². The average molecular weight is 394 g/mol. The molecule has 1 aromatic carbocycles. The van der Waals surface area contributed by atoms with Gasteiger partial charge in [-0.1, -0.05) is 20.8 Å². The van der Waals surface area contributed by atoms with Gasteiger partial charge < -0.3 is 19.6 Å². The molecule has 3 rings (SSSR count). The molecule has 0 atom stereocenters. The van der Waals surface area contributed by atoms with Gasteiger partial charge in [0.05, 0.1) is 31.2 Å². The summed E-state index contributed by atoms with van der Waals surface area (Å²) in [5, 5.41) is 2.92. The monoisotopic (exact) mass is 394 g/mol. The van der Waals surface area contributed by atoms with Gasteiger partial charge in [0.15, 0.2) is 0 Å². The van der Waals surface area contributed by atoms with E-state index in [0.717, 1.165) is 11.3 Å². The summed E-state index contributed by atoms with van der Waals surface area (Å²) in [5.74, 6) is 0.235. The molecule has 7 nitrogen and oxygen atoms in total. The molecule has 0 aliphatic rings. The molecule has 0 bridgehead atoms. The number of ether oxygens (including phenoxy) is 1. The summed E-state index contributed by atoms with van der Waals surface area (Å²) in [6, 6.07) is 7.13. The molecule has 1 amide bonds. The molecule has 0 fully saturated rings. The number of amides is 1. The second-order valence-corrected chi connectivity index (χ2v) is 7.95. The first-order chi connectivity index (χ1) is 13.7. The zero-order valence-corrected chi connectivity index (χ0v) is 17.4. The molecule has 0 unspecified atom stereocenters. The third-order valence-electron chi connectivity index (χ3n) is 4.82. The number of hydrogen-bond donors (Lipinski definition) is 2. The number of imidazole rings is 1. The molecule has 0 radical (unpaired) electrons. The lowest BCUT2D eigenvalue weighted by atomic mass is 9.83. The van der Waals surface area contributed by atoms with E-state index >= 15 is 0 Å². The predicted octanol–water partition coefficient (Wildman–Crippen LogP) is 3.01. The van der Waals surface area contributed by atoms with E-state index in [9.17, 15) is 9.59 Å². The van der Waals surface area contributed by atoms with E-state index in [4.69, 9.17) is 4.74 Å². The number of carbonyl (C=O) groups is 1. The molecule has 152 valence electrons. The maximum absolute atomic E-state index is 13.1. The number of aromatic nitrogens is 3. The number of rotatable bonds is 5. The van der Waals surface area contributed by atoms with Gasteiger partial charge in [-0.15, -0.1) is 0 Å². The van der Waals surface area contributed by atoms with E-state index in [1.54, 1.807) is 44.0 Å². The van der Waals surface area contributed by atoms with Crippen LogP contribution in [0.2, 0.25) is 0 Å². The Balaban J connectivity index is 2.10. The summed E-state index contributed by atoms with van der Waals surface area (Å²) in [4.78, 5) is 32.2. The lowest BCUT2D eigenvalue weighted by Crippen LogP contribution is -2.26. The Kier molecular flexibility index (Phi) is 5.59. The van der Waals surface area contributed by atoms with Crippen molar-refractivity contribution in [3.63, 3.8) is 0 Å². The number of aryl methyl sites for hydroxylation is 1. The molecule has 2 N–H and O–H groups in total. The van der Waals surface area contributed by atoms with Crippen molar-refractivity contribution in [1.82, 2.24) is 19.9 Å². The van der Waals surface area contributed by atoms with E-state index in [0.29, 0.717) is 29.0 Å². The van der Waals surface area contributed by atoms with Crippen molar-refractivity contribution in [3.05, 3.63) is 70.2 Å². The standard InChI is InChI=1S/C22H26N4O3/c1-22(2,3)18-10-14(16-7-6-8-24-20(16)27)9-17(19(18)29-5)21(28)25-12-15-11-23-13-26(15)4/h6-11,13H,12H2,1-5H3,(H,24,27)(H,25,28). The van der Waals surface area contributed by atoms with Crippen molar-refractivity contribution in [2.24, 2.45) is 7.05 Å². The van der Waals surface area contributed by atoms with Crippen LogP contribution in [0.3, 0.4) is 0 Å². The van der Waals surface area contributed by atoms with E-state index in [1.807, 2.05) is 38.5 Å². The number of pyridine rings is 1. The fourth-order valence-electron chi connectivity index (χ4n) is 3.20. The number of nitrogens with one attached hydrogen (secondary N) is 2. The maximum Gasteiger partial charge on any atom is 0.255 e. The van der Waals surface area contributed by atoms with Gasteiger partial charge >= 0.3 is 0 Å². The molecule has 0 aliphatic heterocycles. The third kappa shape index (κ3) is 4.23. The topological polar surface area (TPSA) is 89.0 Å². The van der Waals surface area contributed by atoms with E-state index < -0.39 is 0 Å². The van der Waals surface area contributed by atoms with Crippen molar-refractivity contribution in [3.8, 4) is 16.9 Å². The quantitative estimate of drug-likeness (QED) is 0.696. The zero-order chi connectivity index (χ0) is 21.2. The molecule has 0 aliphatic carbocycles. The number of aromatic amines is 1. The van der Waals surface area contributed by atoms with Gasteiger partial charge in [0.2, 0.25) is 0 Å². The van der Waals surface area contributed by atoms with Crippen LogP contribution >= 0.6 is 0 Å². The smallest absolute Gasteiger partial charge is 0.255 e. The number of H-pyrrole nitrogens is 1. The first-order valence-corrected chi connectivity index (χ1v) is 9.36. The normalized spacial score (nSPS) is 11.3. The second-order valence-electron chi connectivity index (χ2n) is 7.95. The summed E-state index contributed by atoms with van der Waals surface area (Å²) in [5.41, 5.74) is 2.79. The van der Waals surface area contributed by atoms with Crippen molar-refractivity contribution < 1.29 is 9.53 Å². The molecule has 2 aromatic heterocycles. The highest BCUT2D eigenvalue weighted by Crippen LogP contribution is 2.37. The van der Waals surface area contributed by atoms with Crippen molar-refractivity contribution in [1.29, 1.82) is 0 Å². The Labute approximate surface area is 169 Å². The van der Waals surface area contributed by atoms with Crippen LogP contribution < -0.4 is 15.6 Å². The van der Waals surface area contributed by atoms with Crippen LogP contribution in [0.1, 0.15) is 42.4 Å². The number of methoxy groups -OCH3 is 1. The summed E-state index contributed by atoms with van der Waals surface area (Å²) >= 11 is 0. The highest BCUT2D eigenvalue weighted by Gasteiger charge is 2.26. The number of benzene rings is 1. The minimum absolute atomic E-state index is 0.209. The summed E-state index contributed by atoms with van der Waals surface area (Å²) in [7, 11) is 3.42. The Morgan fingerprint density at radius 1 is 1.31 bits per heavy atom. The fraction of sp³-hybridized carbons (Fsp3) is 0.318. The summed E-state index contributed by atoms with van der Waals surface area (Å²) in [6.45, 7) is 6.46. The van der Waals surface area contributed by atoms with Gasteiger partial charge in [0, 0.05) is 30.6 Å². The maximum atomic E-state index is 13.1. The second kappa shape index (κ2) is 7.95. The van der Waals surface area contributed by atoms with Crippen molar-refractivity contribution in [2.45, 2.75) is 32.7 Å². The van der Waals surface area contributed by atoms with Crippen LogP contribution in [0.4, 0.5) is 0 Å². The fourth-order valence-corrected chi connectivity index (χ4v) is 3.20. The average Bonchev–Trinajstić information content (AvgIpc) is 3.09. The van der Waals surface area contributed by atoms with Crippen molar-refractivity contribution >= 4 is 5.91 Å². The SMILES string of the molecule is COc1c(C(=O)NCc2cncn2C)cc(-c2ccc[nH]c2=O)cc1C(C)(C)C. The van der Waals surface area contributed by atoms with Crippen LogP contribution in [0.15, 0.2) is 47.8 Å². The van der Waals surface area contributed by atoms with Crippen LogP contribution in [-0.2, 0) is 19.0 Å². The van der Waals surface area contributed by atoms with Gasteiger partial charge in [-0.3, -0.25) is 9.59 Å².